The Morgan fingerprint density at radius 2 is 1.67 bits per heavy atom. The number of methoxy groups -OCH3 is 1. The lowest BCUT2D eigenvalue weighted by Gasteiger charge is -2.30. The van der Waals surface area contributed by atoms with Crippen LogP contribution in [0.3, 0.4) is 0 Å². The fourth-order valence-electron chi connectivity index (χ4n) is 5.92. The van der Waals surface area contributed by atoms with Gasteiger partial charge in [0.25, 0.3) is 11.8 Å². The molecule has 4 N–H and O–H groups in total. The van der Waals surface area contributed by atoms with Crippen molar-refractivity contribution < 1.29 is 44.0 Å². The van der Waals surface area contributed by atoms with Gasteiger partial charge in [-0.25, -0.2) is 5.43 Å². The summed E-state index contributed by atoms with van der Waals surface area (Å²) in [7, 11) is 1.37. The van der Waals surface area contributed by atoms with Crippen LogP contribution in [0, 0.1) is 5.92 Å². The van der Waals surface area contributed by atoms with E-state index in [0.29, 0.717) is 31.2 Å². The molecule has 2 aromatic carbocycles. The van der Waals surface area contributed by atoms with Gasteiger partial charge in [0.05, 0.1) is 36.1 Å². The van der Waals surface area contributed by atoms with Crippen LogP contribution in [0.4, 0.5) is 0 Å². The van der Waals surface area contributed by atoms with Crippen molar-refractivity contribution in [3.8, 4) is 17.2 Å². The quantitative estimate of drug-likeness (QED) is 0.0903. The lowest BCUT2D eigenvalue weighted by molar-refractivity contribution is -0.137. The number of ether oxygens (including phenoxy) is 1. The number of ketones is 2. The Hall–Kier alpha value is -4.84. The third-order valence-electron chi connectivity index (χ3n) is 8.17. The first kappa shape index (κ1) is 29.6. The first-order chi connectivity index (χ1) is 20.7. The number of carbonyl (C=O) groups excluding carboxylic acids is 5. The van der Waals surface area contributed by atoms with E-state index in [-0.39, 0.29) is 88.6 Å². The van der Waals surface area contributed by atoms with E-state index >= 15 is 0 Å². The van der Waals surface area contributed by atoms with Crippen LogP contribution in [0.5, 0.6) is 17.2 Å². The van der Waals surface area contributed by atoms with Crippen molar-refractivity contribution in [3.05, 3.63) is 63.7 Å². The molecule has 0 radical (unpaired) electrons. The molecule has 12 nitrogen and oxygen atoms in total. The standard InChI is InChI=1S/C31H31N3O9/c1-43-21-7-5-6-18-25(21)31(42)27-26(29(18)40)30(41)19-14-16(9-10-17(19)28(27)39)20(15-35)32-33-22(36)8-3-2-4-13-34-23(37)11-12-24(34)38/h5-7,11-12,16,35,39,41H,2-4,8-10,13-15H2,1H3,(H,33,36)/b32-20+/t16-/m0/s1. The third kappa shape index (κ3) is 5.41. The topological polar surface area (TPSA) is 183 Å². The number of hydrogen-bond acceptors (Lipinski definition) is 10. The number of nitrogens with one attached hydrogen (secondary N) is 1. The van der Waals surface area contributed by atoms with Gasteiger partial charge in [0.2, 0.25) is 11.7 Å². The van der Waals surface area contributed by atoms with Crippen molar-refractivity contribution in [2.45, 2.75) is 44.9 Å². The number of aromatic hydroxyl groups is 2. The van der Waals surface area contributed by atoms with E-state index in [4.69, 9.17) is 4.74 Å². The van der Waals surface area contributed by atoms with Gasteiger partial charge in [-0.15, -0.1) is 0 Å². The van der Waals surface area contributed by atoms with Crippen molar-refractivity contribution >= 4 is 35.0 Å². The summed E-state index contributed by atoms with van der Waals surface area (Å²) in [5.74, 6) is -3.25. The molecule has 224 valence electrons. The van der Waals surface area contributed by atoms with Crippen LogP contribution in [0.1, 0.15) is 75.1 Å². The first-order valence-corrected chi connectivity index (χ1v) is 14.0. The van der Waals surface area contributed by atoms with Crippen LogP contribution < -0.4 is 10.2 Å². The van der Waals surface area contributed by atoms with Crippen molar-refractivity contribution in [1.82, 2.24) is 10.3 Å². The number of hydrogen-bond donors (Lipinski definition) is 4. The summed E-state index contributed by atoms with van der Waals surface area (Å²) < 4.78 is 5.27. The SMILES string of the molecule is COc1cccc2c1C(=O)c1c(O)c3c(c(O)c1C2=O)C[C@@H](/C(CO)=N/NC(=O)CCCCCN1C(=O)C=CC1=O)CC3. The van der Waals surface area contributed by atoms with Crippen LogP contribution in [-0.4, -0.2) is 75.5 Å². The molecule has 12 heteroatoms. The highest BCUT2D eigenvalue weighted by molar-refractivity contribution is 6.31. The Balaban J connectivity index is 1.26. The number of phenols is 2. The lowest BCUT2D eigenvalue weighted by Crippen LogP contribution is -2.31. The molecule has 0 fully saturated rings. The molecule has 0 saturated heterocycles. The van der Waals surface area contributed by atoms with E-state index in [1.54, 1.807) is 12.1 Å². The fraction of sp³-hybridized carbons (Fsp3) is 0.355. The minimum atomic E-state index is -0.616. The number of rotatable bonds is 10. The molecule has 3 aliphatic rings. The number of hydrazone groups is 1. The van der Waals surface area contributed by atoms with Gasteiger partial charge in [-0.05, 0) is 38.2 Å². The molecule has 43 heavy (non-hydrogen) atoms. The zero-order valence-electron chi connectivity index (χ0n) is 23.5. The number of imide groups is 1. The van der Waals surface area contributed by atoms with E-state index in [9.17, 15) is 39.3 Å². The van der Waals surface area contributed by atoms with Crippen LogP contribution >= 0.6 is 0 Å². The summed E-state index contributed by atoms with van der Waals surface area (Å²) in [6, 6.07) is 4.57. The average Bonchev–Trinajstić information content (AvgIpc) is 3.33. The van der Waals surface area contributed by atoms with Gasteiger partial charge in [-0.2, -0.15) is 5.10 Å². The number of nitrogens with zero attached hydrogens (tertiary/aromatic N) is 2. The molecule has 0 spiro atoms. The molecular formula is C31H31N3O9. The van der Waals surface area contributed by atoms with E-state index in [0.717, 1.165) is 4.90 Å². The average molecular weight is 590 g/mol. The zero-order chi connectivity index (χ0) is 30.8. The van der Waals surface area contributed by atoms with Crippen molar-refractivity contribution in [2.75, 3.05) is 20.3 Å². The van der Waals surface area contributed by atoms with E-state index in [1.807, 2.05) is 0 Å². The number of benzene rings is 2. The summed E-state index contributed by atoms with van der Waals surface area (Å²) in [5.41, 5.74) is 2.93. The zero-order valence-corrected chi connectivity index (χ0v) is 23.5. The van der Waals surface area contributed by atoms with Gasteiger partial charge in [0, 0.05) is 47.7 Å². The Labute approximate surface area is 246 Å². The minimum absolute atomic E-state index is 0.0328. The molecule has 3 amide bonds. The smallest absolute Gasteiger partial charge is 0.253 e. The normalized spacial score (nSPS) is 17.6. The number of aliphatic hydroxyl groups excluding tert-OH is 1. The van der Waals surface area contributed by atoms with Gasteiger partial charge in [0.1, 0.15) is 17.2 Å². The second kappa shape index (κ2) is 12.2. The Bertz CT molecular complexity index is 1590. The lowest BCUT2D eigenvalue weighted by atomic mass is 9.74. The van der Waals surface area contributed by atoms with Crippen LogP contribution in [0.15, 0.2) is 35.5 Å². The van der Waals surface area contributed by atoms with E-state index < -0.39 is 29.8 Å². The molecular weight excluding hydrogens is 558 g/mol. The van der Waals surface area contributed by atoms with Gasteiger partial charge in [-0.1, -0.05) is 18.6 Å². The maximum absolute atomic E-state index is 13.4. The Morgan fingerprint density at radius 3 is 2.37 bits per heavy atom. The maximum Gasteiger partial charge on any atom is 0.253 e. The summed E-state index contributed by atoms with van der Waals surface area (Å²) in [6.45, 7) is -0.178. The second-order valence-electron chi connectivity index (χ2n) is 10.7. The Kier molecular flexibility index (Phi) is 8.40. The fourth-order valence-corrected chi connectivity index (χ4v) is 5.92. The predicted octanol–water partition coefficient (Wildman–Crippen LogP) is 1.94. The summed E-state index contributed by atoms with van der Waals surface area (Å²) in [5, 5.41) is 36.5. The molecule has 1 heterocycles. The number of unbranched alkanes of at least 4 members (excludes halogenated alkanes) is 2. The highest BCUT2D eigenvalue weighted by atomic mass is 16.5. The largest absolute Gasteiger partial charge is 0.507 e. The molecule has 5 rings (SSSR count). The molecule has 0 aromatic heterocycles. The van der Waals surface area contributed by atoms with Crippen LogP contribution in [0.25, 0.3) is 0 Å². The van der Waals surface area contributed by atoms with E-state index in [1.165, 1.54) is 25.3 Å². The van der Waals surface area contributed by atoms with Gasteiger partial charge in [-0.3, -0.25) is 28.9 Å². The monoisotopic (exact) mass is 589 g/mol. The Morgan fingerprint density at radius 1 is 0.977 bits per heavy atom. The number of phenolic OH excluding ortho intramolecular Hbond substituents is 2. The summed E-state index contributed by atoms with van der Waals surface area (Å²) >= 11 is 0. The maximum atomic E-state index is 13.4. The molecule has 2 aliphatic carbocycles. The van der Waals surface area contributed by atoms with Crippen molar-refractivity contribution in [2.24, 2.45) is 11.0 Å². The van der Waals surface area contributed by atoms with Crippen LogP contribution in [-0.2, 0) is 27.2 Å². The second-order valence-corrected chi connectivity index (χ2v) is 10.7. The van der Waals surface area contributed by atoms with Gasteiger partial charge in [0.15, 0.2) is 5.78 Å². The summed E-state index contributed by atoms with van der Waals surface area (Å²) in [6.07, 6.45) is 5.05. The highest BCUT2D eigenvalue weighted by Gasteiger charge is 2.40. The molecule has 0 bridgehead atoms. The first-order valence-electron chi connectivity index (χ1n) is 14.0. The third-order valence-corrected chi connectivity index (χ3v) is 8.17. The number of amides is 3. The van der Waals surface area contributed by atoms with Crippen molar-refractivity contribution in [1.29, 1.82) is 0 Å². The molecule has 1 atom stereocenters. The highest BCUT2D eigenvalue weighted by Crippen LogP contribution is 2.47. The number of fused-ring (bicyclic) bond motifs is 3. The molecule has 0 unspecified atom stereocenters. The predicted molar refractivity (Wildman–Crippen MR) is 152 cm³/mol. The number of carbonyl (C=O) groups is 5. The molecule has 0 saturated carbocycles. The molecule has 2 aromatic rings. The summed E-state index contributed by atoms with van der Waals surface area (Å²) in [4.78, 5) is 63.5. The van der Waals surface area contributed by atoms with Crippen LogP contribution in [0.2, 0.25) is 0 Å². The minimum Gasteiger partial charge on any atom is -0.507 e. The van der Waals surface area contributed by atoms with Crippen molar-refractivity contribution in [3.63, 3.8) is 0 Å². The number of aliphatic hydroxyl groups is 1. The molecule has 1 aliphatic heterocycles. The van der Waals surface area contributed by atoms with Gasteiger partial charge >= 0.3 is 0 Å². The van der Waals surface area contributed by atoms with Gasteiger partial charge < -0.3 is 20.1 Å². The van der Waals surface area contributed by atoms with E-state index in [2.05, 4.69) is 10.5 Å².